The highest BCUT2D eigenvalue weighted by atomic mass is 19.1. The Labute approximate surface area is 220 Å². The van der Waals surface area contributed by atoms with Gasteiger partial charge in [-0.15, -0.1) is 0 Å². The number of likely N-dealkylation sites (tertiary alicyclic amines) is 1. The van der Waals surface area contributed by atoms with E-state index >= 15 is 0 Å². The SMILES string of the molecule is [C-]#[N+][C@@H]1C[C@@]2(CN1C(=O)[C@H](CC(C)C)N(C)C(=O)c1cccc3ncc(F)cc13)C(=O)Nc1ccccc12. The Morgan fingerprint density at radius 2 is 2.03 bits per heavy atom. The summed E-state index contributed by atoms with van der Waals surface area (Å²) in [4.78, 5) is 51.6. The summed E-state index contributed by atoms with van der Waals surface area (Å²) in [7, 11) is 1.55. The summed E-state index contributed by atoms with van der Waals surface area (Å²) in [6.07, 6.45) is 0.797. The molecule has 1 aromatic heterocycles. The fourth-order valence-corrected chi connectivity index (χ4v) is 5.66. The van der Waals surface area contributed by atoms with Gasteiger partial charge in [0.15, 0.2) is 0 Å². The number of halogens is 1. The fraction of sp³-hybridized carbons (Fsp3) is 0.345. The van der Waals surface area contributed by atoms with Crippen molar-refractivity contribution in [3.05, 3.63) is 83.1 Å². The van der Waals surface area contributed by atoms with Crippen LogP contribution < -0.4 is 5.32 Å². The number of benzene rings is 2. The van der Waals surface area contributed by atoms with Crippen LogP contribution in [0, 0.1) is 18.3 Å². The zero-order valence-electron chi connectivity index (χ0n) is 21.4. The van der Waals surface area contributed by atoms with E-state index in [1.807, 2.05) is 38.1 Å². The average Bonchev–Trinajstić information content (AvgIpc) is 3.43. The van der Waals surface area contributed by atoms with Crippen LogP contribution >= 0.6 is 0 Å². The number of nitrogens with zero attached hydrogens (tertiary/aromatic N) is 4. The molecule has 0 unspecified atom stereocenters. The maximum atomic E-state index is 14.1. The van der Waals surface area contributed by atoms with Crippen LogP contribution in [0.1, 0.15) is 42.6 Å². The number of nitrogens with one attached hydrogen (secondary N) is 1. The normalized spacial score (nSPS) is 20.9. The lowest BCUT2D eigenvalue weighted by atomic mass is 9.80. The summed E-state index contributed by atoms with van der Waals surface area (Å²) in [5.74, 6) is -1.55. The molecular formula is C29H28FN5O3. The van der Waals surface area contributed by atoms with Crippen LogP contribution in [-0.4, -0.2) is 58.3 Å². The summed E-state index contributed by atoms with van der Waals surface area (Å²) in [5.41, 5.74) is 1.17. The van der Waals surface area contributed by atoms with E-state index in [2.05, 4.69) is 15.1 Å². The van der Waals surface area contributed by atoms with Crippen LogP contribution in [0.2, 0.25) is 0 Å². The predicted octanol–water partition coefficient (Wildman–Crippen LogP) is 4.23. The molecule has 1 fully saturated rings. The van der Waals surface area contributed by atoms with Gasteiger partial charge in [0.05, 0.1) is 18.1 Å². The van der Waals surface area contributed by atoms with Crippen LogP contribution in [0.25, 0.3) is 15.7 Å². The number of likely N-dealkylation sites (N-methyl/N-ethyl adjacent to an activating group) is 1. The van der Waals surface area contributed by atoms with Crippen molar-refractivity contribution in [1.29, 1.82) is 0 Å². The lowest BCUT2D eigenvalue weighted by Crippen LogP contribution is -2.51. The standard InChI is InChI=1S/C29H28FN5O3/c1-17(2)12-24(34(4)26(36)19-8-7-11-22-20(19)13-18(30)15-32-22)27(37)35-16-29(14-25(35)31-3)21-9-5-6-10-23(21)33-28(29)38/h5-11,13,15,17,24-25H,12,14,16H2,1-2,4H3,(H,33,38)/t24-,25-,29-/m0/s1. The summed E-state index contributed by atoms with van der Waals surface area (Å²) < 4.78 is 14.0. The molecule has 38 heavy (non-hydrogen) atoms. The van der Waals surface area contributed by atoms with E-state index in [1.165, 1.54) is 15.9 Å². The zero-order valence-corrected chi connectivity index (χ0v) is 21.4. The van der Waals surface area contributed by atoms with Crippen LogP contribution in [0.4, 0.5) is 10.1 Å². The number of hydrogen-bond donors (Lipinski definition) is 1. The van der Waals surface area contributed by atoms with E-state index in [4.69, 9.17) is 6.57 Å². The molecule has 1 N–H and O–H groups in total. The van der Waals surface area contributed by atoms with Gasteiger partial charge in [-0.2, -0.15) is 0 Å². The molecular weight excluding hydrogens is 485 g/mol. The highest BCUT2D eigenvalue weighted by molar-refractivity contribution is 6.08. The molecule has 194 valence electrons. The van der Waals surface area contributed by atoms with Crippen molar-refractivity contribution in [2.24, 2.45) is 5.92 Å². The van der Waals surface area contributed by atoms with Gasteiger partial charge in [0.2, 0.25) is 5.91 Å². The lowest BCUT2D eigenvalue weighted by Gasteiger charge is -2.32. The maximum Gasteiger partial charge on any atom is 0.302 e. The van der Waals surface area contributed by atoms with Gasteiger partial charge in [0.25, 0.3) is 11.8 Å². The van der Waals surface area contributed by atoms with E-state index in [-0.39, 0.29) is 36.3 Å². The quantitative estimate of drug-likeness (QED) is 0.518. The molecule has 1 spiro atoms. The van der Waals surface area contributed by atoms with Crippen molar-refractivity contribution in [2.75, 3.05) is 18.9 Å². The van der Waals surface area contributed by atoms with Crippen molar-refractivity contribution in [3.8, 4) is 0 Å². The Hall–Kier alpha value is -4.32. The molecule has 0 saturated carbocycles. The van der Waals surface area contributed by atoms with Crippen molar-refractivity contribution in [2.45, 2.75) is 44.3 Å². The number of carbonyl (C=O) groups is 3. The molecule has 2 aliphatic rings. The molecule has 3 amide bonds. The number of rotatable bonds is 5. The molecule has 2 aliphatic heterocycles. The Morgan fingerprint density at radius 1 is 1.26 bits per heavy atom. The molecule has 8 nitrogen and oxygen atoms in total. The molecule has 3 atom stereocenters. The number of anilines is 1. The number of fused-ring (bicyclic) bond motifs is 3. The molecule has 1 saturated heterocycles. The van der Waals surface area contributed by atoms with Gasteiger partial charge in [0, 0.05) is 30.2 Å². The fourth-order valence-electron chi connectivity index (χ4n) is 5.66. The Bertz CT molecular complexity index is 1500. The van der Waals surface area contributed by atoms with Crippen molar-refractivity contribution in [1.82, 2.24) is 14.8 Å². The number of amides is 3. The number of hydrogen-bond acceptors (Lipinski definition) is 4. The van der Waals surface area contributed by atoms with E-state index in [9.17, 15) is 18.8 Å². The molecule has 3 aromatic rings. The summed E-state index contributed by atoms with van der Waals surface area (Å²) in [6.45, 7) is 11.8. The van der Waals surface area contributed by atoms with Crippen LogP contribution in [0.5, 0.6) is 0 Å². The Balaban J connectivity index is 1.49. The van der Waals surface area contributed by atoms with E-state index < -0.39 is 29.3 Å². The third-order valence-electron chi connectivity index (χ3n) is 7.58. The average molecular weight is 514 g/mol. The largest absolute Gasteiger partial charge is 0.330 e. The summed E-state index contributed by atoms with van der Waals surface area (Å²) in [6, 6.07) is 12.7. The number of carbonyl (C=O) groups excluding carboxylic acids is 3. The first-order valence-corrected chi connectivity index (χ1v) is 12.6. The minimum absolute atomic E-state index is 0.0573. The molecule has 2 aromatic carbocycles. The first-order chi connectivity index (χ1) is 18.2. The van der Waals surface area contributed by atoms with Gasteiger partial charge in [-0.05, 0) is 42.2 Å². The topological polar surface area (TPSA) is 87.0 Å². The highest BCUT2D eigenvalue weighted by Crippen LogP contribution is 2.47. The second kappa shape index (κ2) is 9.53. The molecule has 0 aliphatic carbocycles. The van der Waals surface area contributed by atoms with Gasteiger partial charge in [-0.1, -0.05) is 38.1 Å². The second-order valence-electron chi connectivity index (χ2n) is 10.4. The third-order valence-corrected chi connectivity index (χ3v) is 7.58. The Morgan fingerprint density at radius 3 is 2.76 bits per heavy atom. The maximum absolute atomic E-state index is 14.1. The van der Waals surface area contributed by atoms with Crippen molar-refractivity contribution in [3.63, 3.8) is 0 Å². The first kappa shape index (κ1) is 25.3. The summed E-state index contributed by atoms with van der Waals surface area (Å²) >= 11 is 0. The van der Waals surface area contributed by atoms with Crippen molar-refractivity contribution < 1.29 is 18.8 Å². The van der Waals surface area contributed by atoms with Gasteiger partial charge in [-0.25, -0.2) is 11.0 Å². The minimum atomic E-state index is -1.01. The first-order valence-electron chi connectivity index (χ1n) is 12.6. The monoisotopic (exact) mass is 513 g/mol. The van der Waals surface area contributed by atoms with Crippen molar-refractivity contribution >= 4 is 34.3 Å². The van der Waals surface area contributed by atoms with Crippen LogP contribution in [0.15, 0.2) is 54.7 Å². The highest BCUT2D eigenvalue weighted by Gasteiger charge is 2.59. The second-order valence-corrected chi connectivity index (χ2v) is 10.4. The van der Waals surface area contributed by atoms with Gasteiger partial charge >= 0.3 is 6.17 Å². The van der Waals surface area contributed by atoms with E-state index in [0.29, 0.717) is 23.0 Å². The third kappa shape index (κ3) is 4.06. The number of pyridine rings is 1. The number of para-hydroxylation sites is 1. The molecule has 3 heterocycles. The van der Waals surface area contributed by atoms with E-state index in [1.54, 1.807) is 25.2 Å². The molecule has 0 bridgehead atoms. The molecule has 0 radical (unpaired) electrons. The minimum Gasteiger partial charge on any atom is -0.330 e. The smallest absolute Gasteiger partial charge is 0.302 e. The predicted molar refractivity (Wildman–Crippen MR) is 141 cm³/mol. The van der Waals surface area contributed by atoms with Crippen LogP contribution in [-0.2, 0) is 15.0 Å². The van der Waals surface area contributed by atoms with Gasteiger partial charge < -0.3 is 10.2 Å². The lowest BCUT2D eigenvalue weighted by molar-refractivity contribution is -0.136. The molecule has 9 heteroatoms. The zero-order chi connectivity index (χ0) is 27.2. The van der Waals surface area contributed by atoms with E-state index in [0.717, 1.165) is 11.8 Å². The molecule has 5 rings (SSSR count). The summed E-state index contributed by atoms with van der Waals surface area (Å²) in [5, 5.41) is 3.26. The van der Waals surface area contributed by atoms with Gasteiger partial charge in [0.1, 0.15) is 17.3 Å². The number of aromatic nitrogens is 1. The Kier molecular flexibility index (Phi) is 6.35. The van der Waals surface area contributed by atoms with Gasteiger partial charge in [-0.3, -0.25) is 29.1 Å². The van der Waals surface area contributed by atoms with Crippen LogP contribution in [0.3, 0.4) is 0 Å².